The summed E-state index contributed by atoms with van der Waals surface area (Å²) < 4.78 is 34.6. The van der Waals surface area contributed by atoms with Crippen LogP contribution in [0.25, 0.3) is 11.0 Å². The van der Waals surface area contributed by atoms with E-state index >= 15 is 0 Å². The van der Waals surface area contributed by atoms with Gasteiger partial charge in [0.15, 0.2) is 21.4 Å². The van der Waals surface area contributed by atoms with Gasteiger partial charge in [0.2, 0.25) is 0 Å². The highest BCUT2D eigenvalue weighted by Crippen LogP contribution is 2.36. The Morgan fingerprint density at radius 1 is 0.759 bits per heavy atom. The summed E-state index contributed by atoms with van der Waals surface area (Å²) in [4.78, 5) is 26.0. The summed E-state index contributed by atoms with van der Waals surface area (Å²) in [5, 5.41) is 0. The van der Waals surface area contributed by atoms with Gasteiger partial charge in [-0.1, -0.05) is 54.6 Å². The van der Waals surface area contributed by atoms with E-state index in [4.69, 9.17) is 0 Å². The van der Waals surface area contributed by atoms with Gasteiger partial charge in [0, 0.05) is 16.7 Å². The molecule has 0 aliphatic heterocycles. The summed E-state index contributed by atoms with van der Waals surface area (Å²) in [6.45, 7) is 0. The van der Waals surface area contributed by atoms with Crippen LogP contribution in [0, 0.1) is 0 Å². The van der Waals surface area contributed by atoms with E-state index in [9.17, 15) is 18.0 Å². The summed E-state index contributed by atoms with van der Waals surface area (Å²) in [5.41, 5.74) is 1.64. The number of carbonyl (C=O) groups excluding carboxylic acids is 2. The molecular weight excluding hydrogens is 408 g/mol. The average Bonchev–Trinajstić information content (AvgIpc) is 3.21. The van der Waals surface area contributed by atoms with Crippen LogP contribution >= 0.6 is 11.7 Å². The molecule has 1 aliphatic rings. The smallest absolute Gasteiger partial charge is 0.196 e. The third-order valence-electron chi connectivity index (χ3n) is 4.93. The number of carbonyl (C=O) groups is 2. The van der Waals surface area contributed by atoms with Crippen molar-refractivity contribution in [3.05, 3.63) is 88.5 Å². The van der Waals surface area contributed by atoms with Gasteiger partial charge in [-0.15, -0.1) is 0 Å². The highest BCUT2D eigenvalue weighted by molar-refractivity contribution is 7.90. The van der Waals surface area contributed by atoms with Crippen molar-refractivity contribution in [1.29, 1.82) is 0 Å². The molecule has 29 heavy (non-hydrogen) atoms. The number of fused-ring (bicyclic) bond motifs is 4. The van der Waals surface area contributed by atoms with Crippen molar-refractivity contribution >= 4 is 44.2 Å². The van der Waals surface area contributed by atoms with E-state index in [2.05, 4.69) is 8.75 Å². The molecule has 0 saturated carbocycles. The lowest BCUT2D eigenvalue weighted by Crippen LogP contribution is -2.22. The zero-order valence-electron chi connectivity index (χ0n) is 14.8. The van der Waals surface area contributed by atoms with Crippen molar-refractivity contribution in [1.82, 2.24) is 8.75 Å². The first-order valence-corrected chi connectivity index (χ1v) is 11.1. The topological polar surface area (TPSA) is 94.1 Å². The molecule has 0 N–H and O–H groups in total. The first-order valence-electron chi connectivity index (χ1n) is 8.72. The van der Waals surface area contributed by atoms with Gasteiger partial charge in [0.05, 0.1) is 27.9 Å². The van der Waals surface area contributed by atoms with E-state index in [1.807, 2.05) is 0 Å². The number of hydrogen-bond donors (Lipinski definition) is 0. The highest BCUT2D eigenvalue weighted by atomic mass is 32.2. The Morgan fingerprint density at radius 2 is 1.38 bits per heavy atom. The van der Waals surface area contributed by atoms with Gasteiger partial charge in [-0.2, -0.15) is 8.75 Å². The highest BCUT2D eigenvalue weighted by Gasteiger charge is 2.35. The molecule has 0 radical (unpaired) electrons. The number of ketones is 2. The van der Waals surface area contributed by atoms with Crippen molar-refractivity contribution in [2.24, 2.45) is 0 Å². The molecule has 8 heteroatoms. The van der Waals surface area contributed by atoms with Crippen LogP contribution in [0.5, 0.6) is 0 Å². The zero-order valence-corrected chi connectivity index (χ0v) is 16.5. The molecule has 0 unspecified atom stereocenters. The van der Waals surface area contributed by atoms with Crippen LogP contribution in [0.4, 0.5) is 0 Å². The molecule has 0 spiro atoms. The van der Waals surface area contributed by atoms with Crippen LogP contribution in [0.15, 0.2) is 65.6 Å². The lowest BCUT2D eigenvalue weighted by molar-refractivity contribution is 0.0980. The second kappa shape index (κ2) is 6.40. The Balaban J connectivity index is 1.75. The van der Waals surface area contributed by atoms with E-state index in [1.54, 1.807) is 54.6 Å². The molecule has 5 rings (SSSR count). The van der Waals surface area contributed by atoms with Gasteiger partial charge in [-0.3, -0.25) is 9.59 Å². The molecular formula is C21H12N2O4S2. The molecule has 4 aromatic rings. The minimum atomic E-state index is -3.82. The normalized spacial score (nSPS) is 13.4. The fourth-order valence-corrected chi connectivity index (χ4v) is 5.74. The predicted molar refractivity (Wildman–Crippen MR) is 108 cm³/mol. The number of benzene rings is 3. The molecule has 1 heterocycles. The molecule has 1 aliphatic carbocycles. The lowest BCUT2D eigenvalue weighted by atomic mass is 9.83. The quantitative estimate of drug-likeness (QED) is 0.444. The third kappa shape index (κ3) is 2.72. The summed E-state index contributed by atoms with van der Waals surface area (Å²) >= 11 is 0.819. The van der Waals surface area contributed by atoms with E-state index in [0.717, 1.165) is 11.7 Å². The number of aromatic nitrogens is 2. The van der Waals surface area contributed by atoms with Crippen LogP contribution in [-0.2, 0) is 15.6 Å². The predicted octanol–water partition coefficient (Wildman–Crippen LogP) is 3.44. The minimum absolute atomic E-state index is 0.0561. The summed E-state index contributed by atoms with van der Waals surface area (Å²) in [5.74, 6) is -0.973. The van der Waals surface area contributed by atoms with Crippen LogP contribution in [0.2, 0.25) is 0 Å². The van der Waals surface area contributed by atoms with Crippen LogP contribution in [0.3, 0.4) is 0 Å². The van der Waals surface area contributed by atoms with Crippen molar-refractivity contribution in [3.8, 4) is 0 Å². The molecule has 142 valence electrons. The molecule has 0 saturated heterocycles. The molecule has 0 amide bonds. The van der Waals surface area contributed by atoms with Crippen LogP contribution in [0.1, 0.15) is 37.4 Å². The molecule has 0 atom stereocenters. The van der Waals surface area contributed by atoms with Crippen molar-refractivity contribution < 1.29 is 18.0 Å². The van der Waals surface area contributed by atoms with E-state index in [1.165, 1.54) is 6.07 Å². The minimum Gasteiger partial charge on any atom is -0.289 e. The average molecular weight is 420 g/mol. The monoisotopic (exact) mass is 420 g/mol. The van der Waals surface area contributed by atoms with Gasteiger partial charge in [0.25, 0.3) is 0 Å². The maximum Gasteiger partial charge on any atom is 0.196 e. The Labute approximate surface area is 170 Å². The van der Waals surface area contributed by atoms with Crippen LogP contribution in [-0.4, -0.2) is 28.7 Å². The second-order valence-electron chi connectivity index (χ2n) is 6.71. The van der Waals surface area contributed by atoms with E-state index in [0.29, 0.717) is 11.1 Å². The summed E-state index contributed by atoms with van der Waals surface area (Å²) in [6, 6.07) is 16.6. The van der Waals surface area contributed by atoms with Gasteiger partial charge in [-0.25, -0.2) is 8.42 Å². The van der Waals surface area contributed by atoms with E-state index in [-0.39, 0.29) is 49.9 Å². The number of rotatable bonds is 3. The largest absolute Gasteiger partial charge is 0.289 e. The first kappa shape index (κ1) is 17.8. The molecule has 0 fully saturated rings. The Bertz CT molecular complexity index is 1420. The molecule has 6 nitrogen and oxygen atoms in total. The fourth-order valence-electron chi connectivity index (χ4n) is 3.59. The van der Waals surface area contributed by atoms with Crippen molar-refractivity contribution in [2.75, 3.05) is 0 Å². The molecule has 0 bridgehead atoms. The zero-order chi connectivity index (χ0) is 20.2. The second-order valence-corrected chi connectivity index (χ2v) is 9.19. The first-order chi connectivity index (χ1) is 14.0. The Hall–Kier alpha value is -3.23. The molecule has 3 aromatic carbocycles. The van der Waals surface area contributed by atoms with Gasteiger partial charge in [-0.05, 0) is 11.6 Å². The summed E-state index contributed by atoms with van der Waals surface area (Å²) in [7, 11) is -3.82. The number of nitrogens with zero attached hydrogens (tertiary/aromatic N) is 2. The third-order valence-corrected chi connectivity index (χ3v) is 7.15. The van der Waals surface area contributed by atoms with Crippen molar-refractivity contribution in [3.63, 3.8) is 0 Å². The standard InChI is InChI=1S/C21H12N2O4S2/c24-20-13-8-4-5-9-14(13)21(25)17-15(20)10-16(18-19(17)23-28-22-18)29(26,27)11-12-6-2-1-3-7-12/h1-10H,11H2. The summed E-state index contributed by atoms with van der Waals surface area (Å²) in [6.07, 6.45) is 0. The maximum atomic E-state index is 13.2. The molecule has 1 aromatic heterocycles. The number of hydrogen-bond acceptors (Lipinski definition) is 7. The van der Waals surface area contributed by atoms with Gasteiger partial charge in [0.1, 0.15) is 11.0 Å². The van der Waals surface area contributed by atoms with Gasteiger partial charge < -0.3 is 0 Å². The Morgan fingerprint density at radius 3 is 2.10 bits per heavy atom. The van der Waals surface area contributed by atoms with Gasteiger partial charge >= 0.3 is 0 Å². The van der Waals surface area contributed by atoms with Crippen molar-refractivity contribution in [2.45, 2.75) is 10.6 Å². The Kier molecular flexibility index (Phi) is 3.94. The number of sulfone groups is 1. The fraction of sp³-hybridized carbons (Fsp3) is 0.0476. The van der Waals surface area contributed by atoms with Crippen LogP contribution < -0.4 is 0 Å². The lowest BCUT2D eigenvalue weighted by Gasteiger charge is -2.18. The SMILES string of the molecule is O=C1c2ccccc2C(=O)c2c1cc(S(=O)(=O)Cc1ccccc1)c1nsnc21. The maximum absolute atomic E-state index is 13.2. The van der Waals surface area contributed by atoms with E-state index < -0.39 is 9.84 Å².